The van der Waals surface area contributed by atoms with E-state index in [1.165, 1.54) is 71.4 Å². The molecule has 3 heteroatoms. The third kappa shape index (κ3) is 5.54. The van der Waals surface area contributed by atoms with E-state index in [2.05, 4.69) is 222 Å². The lowest BCUT2D eigenvalue weighted by molar-refractivity contribution is 0.611. The Morgan fingerprint density at radius 3 is 1.63 bits per heavy atom. The predicted molar refractivity (Wildman–Crippen MR) is 240 cm³/mol. The summed E-state index contributed by atoms with van der Waals surface area (Å²) in [5, 5.41) is 4.94. The fourth-order valence-electron chi connectivity index (χ4n) is 9.07. The lowest BCUT2D eigenvalue weighted by atomic mass is 9.76. The van der Waals surface area contributed by atoms with Gasteiger partial charge < -0.3 is 4.57 Å². The molecule has 1 aliphatic rings. The molecule has 0 N–H and O–H groups in total. The second-order valence-corrected chi connectivity index (χ2v) is 15.5. The van der Waals surface area contributed by atoms with Crippen LogP contribution in [0.1, 0.15) is 24.5 Å². The van der Waals surface area contributed by atoms with Crippen molar-refractivity contribution in [3.05, 3.63) is 217 Å². The number of fused-ring (bicyclic) bond motifs is 6. The first-order valence-electron chi connectivity index (χ1n) is 19.8. The summed E-state index contributed by atoms with van der Waals surface area (Å²) in [4.78, 5) is 5.49. The van der Waals surface area contributed by atoms with Gasteiger partial charge in [0.05, 0.1) is 27.8 Å². The van der Waals surface area contributed by atoms with E-state index in [-0.39, 0.29) is 5.41 Å². The van der Waals surface area contributed by atoms with Crippen molar-refractivity contribution < 1.29 is 0 Å². The van der Waals surface area contributed by atoms with Crippen molar-refractivity contribution in [3.63, 3.8) is 0 Å². The van der Waals surface area contributed by atoms with Crippen LogP contribution in [0, 0.1) is 0 Å². The van der Waals surface area contributed by atoms with E-state index in [0.717, 1.165) is 29.2 Å². The molecular weight excluding hydrogens is 691 g/mol. The lowest BCUT2D eigenvalue weighted by Gasteiger charge is -2.32. The number of aliphatic imine (C=N–C) groups is 1. The molecule has 8 aromatic carbocycles. The van der Waals surface area contributed by atoms with Crippen LogP contribution < -0.4 is 0 Å². The molecule has 2 aromatic heterocycles. The average Bonchev–Trinajstić information content (AvgIpc) is 3.79. The highest BCUT2D eigenvalue weighted by Crippen LogP contribution is 2.41. The van der Waals surface area contributed by atoms with E-state index in [9.17, 15) is 0 Å². The molecule has 0 saturated carbocycles. The molecule has 0 amide bonds. The smallest absolute Gasteiger partial charge is 0.115 e. The van der Waals surface area contributed by atoms with Gasteiger partial charge in [0.1, 0.15) is 5.84 Å². The fraction of sp³-hybridized carbons (Fsp3) is 0.0556. The first-order valence-corrected chi connectivity index (χ1v) is 19.8. The first-order chi connectivity index (χ1) is 28.1. The summed E-state index contributed by atoms with van der Waals surface area (Å²) < 4.78 is 4.82. The number of benzene rings is 8. The van der Waals surface area contributed by atoms with Gasteiger partial charge in [-0.05, 0) is 81.9 Å². The average molecular weight is 730 g/mol. The Morgan fingerprint density at radius 1 is 0.404 bits per heavy atom. The SMILES string of the molecule is CC1(c2ccccc2)C=C(c2ccccc2)N=C(n2c3ccccc3c3ccc(-c4ccc5c(c4)c4ccccc4n5-c4ccc(-c5ccccc5)cc4)cc32)C1. The first kappa shape index (κ1) is 33.1. The molecule has 3 heterocycles. The van der Waals surface area contributed by atoms with E-state index >= 15 is 0 Å². The summed E-state index contributed by atoms with van der Waals surface area (Å²) in [6, 6.07) is 72.5. The van der Waals surface area contributed by atoms with E-state index in [1.807, 2.05) is 0 Å². The van der Waals surface area contributed by atoms with Gasteiger partial charge in [-0.1, -0.05) is 165 Å². The number of para-hydroxylation sites is 2. The van der Waals surface area contributed by atoms with Gasteiger partial charge in [-0.3, -0.25) is 4.57 Å². The molecule has 270 valence electrons. The van der Waals surface area contributed by atoms with Crippen LogP contribution >= 0.6 is 0 Å². The lowest BCUT2D eigenvalue weighted by Crippen LogP contribution is -2.30. The van der Waals surface area contributed by atoms with Gasteiger partial charge in [0.15, 0.2) is 0 Å². The normalized spacial score (nSPS) is 15.7. The minimum absolute atomic E-state index is 0.250. The molecule has 0 aliphatic carbocycles. The Hall–Kier alpha value is -7.23. The standard InChI is InChI=1S/C54H39N3/c1-54(42-19-9-4-10-20-42)35-48(39-17-7-3-8-18-39)55-53(36-54)57-50-24-14-11-21-44(50)46-31-27-41(34-52(46)57)40-28-32-51-47(33-40)45-22-12-13-23-49(45)56(51)43-29-25-38(26-30-43)37-15-5-2-6-16-37/h2-35H,36H2,1H3. The van der Waals surface area contributed by atoms with Gasteiger partial charge in [0, 0.05) is 39.1 Å². The molecule has 0 saturated heterocycles. The highest BCUT2D eigenvalue weighted by Gasteiger charge is 2.32. The molecule has 11 rings (SSSR count). The van der Waals surface area contributed by atoms with Crippen LogP contribution in [-0.4, -0.2) is 15.0 Å². The second-order valence-electron chi connectivity index (χ2n) is 15.5. The maximum absolute atomic E-state index is 5.49. The molecule has 57 heavy (non-hydrogen) atoms. The van der Waals surface area contributed by atoms with Crippen LogP contribution in [0.3, 0.4) is 0 Å². The van der Waals surface area contributed by atoms with Gasteiger partial charge >= 0.3 is 0 Å². The van der Waals surface area contributed by atoms with Crippen LogP contribution in [0.15, 0.2) is 211 Å². The van der Waals surface area contributed by atoms with Crippen LogP contribution in [-0.2, 0) is 5.41 Å². The summed E-state index contributed by atoms with van der Waals surface area (Å²) in [6.45, 7) is 2.35. The molecule has 1 aliphatic heterocycles. The Morgan fingerprint density at radius 2 is 0.912 bits per heavy atom. The number of allylic oxidation sites excluding steroid dienone is 1. The maximum Gasteiger partial charge on any atom is 0.115 e. The molecule has 10 aromatic rings. The van der Waals surface area contributed by atoms with Gasteiger partial charge in [-0.15, -0.1) is 0 Å². The van der Waals surface area contributed by atoms with Crippen molar-refractivity contribution in [2.75, 3.05) is 0 Å². The predicted octanol–water partition coefficient (Wildman–Crippen LogP) is 13.9. The van der Waals surface area contributed by atoms with Crippen LogP contribution in [0.4, 0.5) is 0 Å². The molecule has 0 bridgehead atoms. The van der Waals surface area contributed by atoms with Crippen molar-refractivity contribution in [3.8, 4) is 27.9 Å². The zero-order valence-corrected chi connectivity index (χ0v) is 31.7. The quantitative estimate of drug-likeness (QED) is 0.168. The fourth-order valence-corrected chi connectivity index (χ4v) is 9.07. The van der Waals surface area contributed by atoms with Crippen molar-refractivity contribution in [2.45, 2.75) is 18.8 Å². The van der Waals surface area contributed by atoms with E-state index in [0.29, 0.717) is 0 Å². The molecule has 0 radical (unpaired) electrons. The summed E-state index contributed by atoms with van der Waals surface area (Å²) in [7, 11) is 0. The highest BCUT2D eigenvalue weighted by molar-refractivity contribution is 6.16. The number of hydrogen-bond donors (Lipinski definition) is 0. The number of nitrogens with zero attached hydrogens (tertiary/aromatic N) is 3. The molecular formula is C54H39N3. The molecule has 0 fully saturated rings. The van der Waals surface area contributed by atoms with Gasteiger partial charge in [0.25, 0.3) is 0 Å². The van der Waals surface area contributed by atoms with Gasteiger partial charge in [-0.2, -0.15) is 0 Å². The Bertz CT molecular complexity index is 3180. The third-order valence-electron chi connectivity index (χ3n) is 11.9. The van der Waals surface area contributed by atoms with Crippen molar-refractivity contribution in [2.24, 2.45) is 4.99 Å². The summed E-state index contributed by atoms with van der Waals surface area (Å²) >= 11 is 0. The summed E-state index contributed by atoms with van der Waals surface area (Å²) in [6.07, 6.45) is 3.13. The van der Waals surface area contributed by atoms with Crippen LogP contribution in [0.2, 0.25) is 0 Å². The van der Waals surface area contributed by atoms with Crippen molar-refractivity contribution in [1.82, 2.24) is 9.13 Å². The number of hydrogen-bond acceptors (Lipinski definition) is 1. The zero-order valence-electron chi connectivity index (χ0n) is 31.7. The molecule has 1 atom stereocenters. The zero-order chi connectivity index (χ0) is 37.9. The molecule has 1 unspecified atom stereocenters. The van der Waals surface area contributed by atoms with E-state index in [4.69, 9.17) is 4.99 Å². The Kier molecular flexibility index (Phi) is 7.68. The molecule has 3 nitrogen and oxygen atoms in total. The second kappa shape index (κ2) is 13.2. The topological polar surface area (TPSA) is 22.2 Å². The summed E-state index contributed by atoms with van der Waals surface area (Å²) in [5.41, 5.74) is 13.8. The largest absolute Gasteiger partial charge is 0.309 e. The van der Waals surface area contributed by atoms with Gasteiger partial charge in [-0.25, -0.2) is 4.99 Å². The van der Waals surface area contributed by atoms with Crippen LogP contribution in [0.5, 0.6) is 0 Å². The van der Waals surface area contributed by atoms with E-state index < -0.39 is 0 Å². The minimum atomic E-state index is -0.250. The molecule has 0 spiro atoms. The number of rotatable bonds is 5. The van der Waals surface area contributed by atoms with Crippen molar-refractivity contribution >= 4 is 55.1 Å². The summed E-state index contributed by atoms with van der Waals surface area (Å²) in [5.74, 6) is 1.04. The maximum atomic E-state index is 5.49. The van der Waals surface area contributed by atoms with Gasteiger partial charge in [0.2, 0.25) is 0 Å². The Balaban J connectivity index is 1.07. The third-order valence-corrected chi connectivity index (χ3v) is 11.9. The van der Waals surface area contributed by atoms with Crippen LogP contribution in [0.25, 0.3) is 77.2 Å². The number of aromatic nitrogens is 2. The highest BCUT2D eigenvalue weighted by atomic mass is 15.1. The van der Waals surface area contributed by atoms with Crippen molar-refractivity contribution in [1.29, 1.82) is 0 Å². The minimum Gasteiger partial charge on any atom is -0.309 e. The Labute approximate surface area is 332 Å². The monoisotopic (exact) mass is 729 g/mol. The van der Waals surface area contributed by atoms with E-state index in [1.54, 1.807) is 0 Å².